The van der Waals surface area contributed by atoms with Crippen LogP contribution in [0.3, 0.4) is 0 Å². The molecule has 18 heavy (non-hydrogen) atoms. The van der Waals surface area contributed by atoms with Crippen LogP contribution in [0.15, 0.2) is 42.5 Å². The van der Waals surface area contributed by atoms with Crippen molar-refractivity contribution in [3.63, 3.8) is 0 Å². The third-order valence-corrected chi connectivity index (χ3v) is 3.34. The molecule has 0 aromatic heterocycles. The number of rotatable bonds is 3. The van der Waals surface area contributed by atoms with Crippen molar-refractivity contribution < 1.29 is 5.11 Å². The highest BCUT2D eigenvalue weighted by molar-refractivity contribution is 6.33. The number of anilines is 2. The van der Waals surface area contributed by atoms with Crippen molar-refractivity contribution >= 4 is 23.0 Å². The monoisotopic (exact) mass is 261 g/mol. The lowest BCUT2D eigenvalue weighted by atomic mass is 10.1. The zero-order chi connectivity index (χ0) is 13.1. The van der Waals surface area contributed by atoms with Gasteiger partial charge in [-0.25, -0.2) is 0 Å². The molecule has 2 rings (SSSR count). The Morgan fingerprint density at radius 2 is 1.83 bits per heavy atom. The van der Waals surface area contributed by atoms with Crippen molar-refractivity contribution in [3.8, 4) is 0 Å². The van der Waals surface area contributed by atoms with Crippen LogP contribution in [0.5, 0.6) is 0 Å². The maximum Gasteiger partial charge on any atom is 0.0682 e. The number of hydrogen-bond acceptors (Lipinski definition) is 2. The Morgan fingerprint density at radius 1 is 1.11 bits per heavy atom. The van der Waals surface area contributed by atoms with Gasteiger partial charge in [-0.1, -0.05) is 35.9 Å². The Balaban J connectivity index is 2.40. The minimum absolute atomic E-state index is 0.00801. The first-order valence-electron chi connectivity index (χ1n) is 5.82. The summed E-state index contributed by atoms with van der Waals surface area (Å²) in [5, 5.41) is 9.73. The molecule has 2 aromatic rings. The Morgan fingerprint density at radius 3 is 2.44 bits per heavy atom. The molecule has 0 unspecified atom stereocenters. The van der Waals surface area contributed by atoms with Gasteiger partial charge in [-0.3, -0.25) is 0 Å². The first-order valence-corrected chi connectivity index (χ1v) is 6.20. The highest BCUT2D eigenvalue weighted by Gasteiger charge is 2.10. The summed E-state index contributed by atoms with van der Waals surface area (Å²) in [4.78, 5) is 2.05. The third-order valence-electron chi connectivity index (χ3n) is 3.03. The van der Waals surface area contributed by atoms with Crippen LogP contribution in [-0.4, -0.2) is 12.2 Å². The van der Waals surface area contributed by atoms with E-state index in [0.717, 1.165) is 16.9 Å². The van der Waals surface area contributed by atoms with Crippen molar-refractivity contribution in [1.29, 1.82) is 0 Å². The molecule has 0 atom stereocenters. The van der Waals surface area contributed by atoms with Crippen LogP contribution < -0.4 is 4.90 Å². The maximum absolute atomic E-state index is 9.08. The van der Waals surface area contributed by atoms with E-state index in [-0.39, 0.29) is 6.61 Å². The van der Waals surface area contributed by atoms with Gasteiger partial charge in [-0.2, -0.15) is 0 Å². The van der Waals surface area contributed by atoms with E-state index in [1.807, 2.05) is 31.3 Å². The molecular weight excluding hydrogens is 246 g/mol. The van der Waals surface area contributed by atoms with E-state index in [1.165, 1.54) is 5.56 Å². The molecule has 2 nitrogen and oxygen atoms in total. The minimum atomic E-state index is 0.00801. The van der Waals surface area contributed by atoms with E-state index in [1.54, 1.807) is 6.07 Å². The van der Waals surface area contributed by atoms with Crippen LogP contribution in [0.4, 0.5) is 11.4 Å². The fourth-order valence-corrected chi connectivity index (χ4v) is 2.32. The maximum atomic E-state index is 9.08. The molecule has 94 valence electrons. The molecule has 0 bridgehead atoms. The van der Waals surface area contributed by atoms with Gasteiger partial charge in [0.2, 0.25) is 0 Å². The van der Waals surface area contributed by atoms with E-state index in [0.29, 0.717) is 5.02 Å². The van der Waals surface area contributed by atoms with Gasteiger partial charge in [0.1, 0.15) is 0 Å². The van der Waals surface area contributed by atoms with Gasteiger partial charge in [0.05, 0.1) is 17.3 Å². The van der Waals surface area contributed by atoms with Crippen LogP contribution in [0.25, 0.3) is 0 Å². The molecule has 0 radical (unpaired) electrons. The zero-order valence-corrected chi connectivity index (χ0v) is 11.3. The summed E-state index contributed by atoms with van der Waals surface area (Å²) >= 11 is 6.25. The standard InChI is InChI=1S/C15H16ClNO/c1-11-5-3-4-6-14(11)17(2)15-8-7-12(10-18)9-13(15)16/h3-9,18H,10H2,1-2H3. The lowest BCUT2D eigenvalue weighted by molar-refractivity contribution is 0.282. The summed E-state index contributed by atoms with van der Waals surface area (Å²) in [7, 11) is 1.99. The molecule has 3 heteroatoms. The summed E-state index contributed by atoms with van der Waals surface area (Å²) in [6.45, 7) is 2.08. The van der Waals surface area contributed by atoms with Crippen LogP contribution >= 0.6 is 11.6 Å². The number of aliphatic hydroxyl groups excluding tert-OH is 1. The molecule has 1 N–H and O–H groups in total. The lowest BCUT2D eigenvalue weighted by Gasteiger charge is -2.23. The predicted molar refractivity (Wildman–Crippen MR) is 76.6 cm³/mol. The van der Waals surface area contributed by atoms with E-state index in [2.05, 4.69) is 24.0 Å². The van der Waals surface area contributed by atoms with Crippen molar-refractivity contribution in [2.24, 2.45) is 0 Å². The first-order chi connectivity index (χ1) is 8.63. The van der Waals surface area contributed by atoms with Crippen molar-refractivity contribution in [1.82, 2.24) is 0 Å². The normalized spacial score (nSPS) is 10.4. The van der Waals surface area contributed by atoms with E-state index in [4.69, 9.17) is 16.7 Å². The zero-order valence-electron chi connectivity index (χ0n) is 10.5. The van der Waals surface area contributed by atoms with Gasteiger partial charge in [0.25, 0.3) is 0 Å². The Kier molecular flexibility index (Phi) is 3.90. The third kappa shape index (κ3) is 2.50. The molecule has 2 aromatic carbocycles. The Labute approximate surface area is 112 Å². The average molecular weight is 262 g/mol. The topological polar surface area (TPSA) is 23.5 Å². The van der Waals surface area contributed by atoms with Gasteiger partial charge in [-0.15, -0.1) is 0 Å². The number of aryl methyl sites for hydroxylation is 1. The first kappa shape index (κ1) is 12.9. The summed E-state index contributed by atoms with van der Waals surface area (Å²) in [5.41, 5.74) is 4.07. The van der Waals surface area contributed by atoms with Gasteiger partial charge in [-0.05, 0) is 36.2 Å². The fraction of sp³-hybridized carbons (Fsp3) is 0.200. The molecule has 0 saturated carbocycles. The quantitative estimate of drug-likeness (QED) is 0.906. The second-order valence-electron chi connectivity index (χ2n) is 4.29. The van der Waals surface area contributed by atoms with Gasteiger partial charge in [0, 0.05) is 12.7 Å². The molecule has 0 spiro atoms. The van der Waals surface area contributed by atoms with Crippen LogP contribution in [0, 0.1) is 6.92 Å². The van der Waals surface area contributed by atoms with Crippen LogP contribution in [0.2, 0.25) is 5.02 Å². The molecule has 0 heterocycles. The molecular formula is C15H16ClNO. The minimum Gasteiger partial charge on any atom is -0.392 e. The summed E-state index contributed by atoms with van der Waals surface area (Å²) < 4.78 is 0. The summed E-state index contributed by atoms with van der Waals surface area (Å²) in [6, 6.07) is 13.8. The molecule has 0 amide bonds. The van der Waals surface area contributed by atoms with E-state index in [9.17, 15) is 0 Å². The van der Waals surface area contributed by atoms with Gasteiger partial charge < -0.3 is 10.0 Å². The van der Waals surface area contributed by atoms with E-state index < -0.39 is 0 Å². The molecule has 0 fully saturated rings. The summed E-state index contributed by atoms with van der Waals surface area (Å²) in [6.07, 6.45) is 0. The largest absolute Gasteiger partial charge is 0.392 e. The molecule has 0 saturated heterocycles. The highest BCUT2D eigenvalue weighted by Crippen LogP contribution is 2.32. The van der Waals surface area contributed by atoms with Crippen molar-refractivity contribution in [2.75, 3.05) is 11.9 Å². The van der Waals surface area contributed by atoms with Crippen molar-refractivity contribution in [3.05, 3.63) is 58.6 Å². The SMILES string of the molecule is Cc1ccccc1N(C)c1ccc(CO)cc1Cl. The number of halogens is 1. The van der Waals surface area contributed by atoms with Crippen LogP contribution in [-0.2, 0) is 6.61 Å². The number of para-hydroxylation sites is 1. The number of nitrogens with zero attached hydrogens (tertiary/aromatic N) is 1. The number of aliphatic hydroxyl groups is 1. The highest BCUT2D eigenvalue weighted by atomic mass is 35.5. The molecule has 0 aliphatic rings. The molecule has 0 aliphatic heterocycles. The summed E-state index contributed by atoms with van der Waals surface area (Å²) in [5.74, 6) is 0. The second-order valence-corrected chi connectivity index (χ2v) is 4.70. The van der Waals surface area contributed by atoms with E-state index >= 15 is 0 Å². The Bertz CT molecular complexity index is 554. The van der Waals surface area contributed by atoms with Gasteiger partial charge >= 0.3 is 0 Å². The predicted octanol–water partition coefficient (Wildman–Crippen LogP) is 3.91. The van der Waals surface area contributed by atoms with Gasteiger partial charge in [0.15, 0.2) is 0 Å². The number of hydrogen-bond donors (Lipinski definition) is 1. The average Bonchev–Trinajstić information content (AvgIpc) is 2.38. The molecule has 0 aliphatic carbocycles. The van der Waals surface area contributed by atoms with Crippen molar-refractivity contribution in [2.45, 2.75) is 13.5 Å². The van der Waals surface area contributed by atoms with Crippen LogP contribution in [0.1, 0.15) is 11.1 Å². The Hall–Kier alpha value is -1.51. The lowest BCUT2D eigenvalue weighted by Crippen LogP contribution is -2.11. The second kappa shape index (κ2) is 5.42. The smallest absolute Gasteiger partial charge is 0.0682 e. The fourth-order valence-electron chi connectivity index (χ4n) is 1.99. The number of benzene rings is 2.